The van der Waals surface area contributed by atoms with Crippen LogP contribution in [0.1, 0.15) is 0 Å². The molecule has 0 aliphatic heterocycles. The monoisotopic (exact) mass is 285 g/mol. The number of para-hydroxylation sites is 1. The Balaban J connectivity index is 1.85. The first-order valence-electron chi connectivity index (χ1n) is 5.91. The second-order valence-corrected chi connectivity index (χ2v) is 5.06. The summed E-state index contributed by atoms with van der Waals surface area (Å²) in [5.74, 6) is 0.593. The Morgan fingerprint density at radius 1 is 1.20 bits per heavy atom. The number of urea groups is 1. The van der Waals surface area contributed by atoms with E-state index in [1.165, 1.54) is 11.3 Å². The molecule has 5 nitrogen and oxygen atoms in total. The predicted molar refractivity (Wildman–Crippen MR) is 79.3 cm³/mol. The van der Waals surface area contributed by atoms with Gasteiger partial charge in [-0.05, 0) is 24.3 Å². The third kappa shape index (κ3) is 2.70. The molecule has 0 fully saturated rings. The summed E-state index contributed by atoms with van der Waals surface area (Å²) in [6, 6.07) is 14.2. The van der Waals surface area contributed by atoms with Crippen LogP contribution < -0.4 is 15.8 Å². The maximum Gasteiger partial charge on any atom is 0.316 e. The van der Waals surface area contributed by atoms with Gasteiger partial charge in [0.15, 0.2) is 0 Å². The van der Waals surface area contributed by atoms with Crippen molar-refractivity contribution in [3.63, 3.8) is 0 Å². The number of benzene rings is 2. The molecule has 2 amide bonds. The van der Waals surface area contributed by atoms with Crippen molar-refractivity contribution in [3.8, 4) is 10.9 Å². The van der Waals surface area contributed by atoms with Crippen LogP contribution in [0.3, 0.4) is 0 Å². The number of nitrogens with zero attached hydrogens (tertiary/aromatic N) is 1. The third-order valence-corrected chi connectivity index (χ3v) is 3.50. The normalized spacial score (nSPS) is 10.4. The minimum absolute atomic E-state index is 0.558. The van der Waals surface area contributed by atoms with E-state index >= 15 is 0 Å². The number of nitrogens with two attached hydrogens (primary N) is 1. The molecule has 20 heavy (non-hydrogen) atoms. The highest BCUT2D eigenvalue weighted by molar-refractivity contribution is 7.20. The number of amides is 2. The van der Waals surface area contributed by atoms with Gasteiger partial charge in [0.25, 0.3) is 5.19 Å². The molecule has 3 N–H and O–H groups in total. The second kappa shape index (κ2) is 5.18. The maximum atomic E-state index is 10.8. The van der Waals surface area contributed by atoms with Gasteiger partial charge in [-0.3, -0.25) is 0 Å². The topological polar surface area (TPSA) is 77.2 Å². The van der Waals surface area contributed by atoms with E-state index in [0.717, 1.165) is 10.2 Å². The number of thiazole rings is 1. The molecule has 1 heterocycles. The summed E-state index contributed by atoms with van der Waals surface area (Å²) in [7, 11) is 0. The summed E-state index contributed by atoms with van der Waals surface area (Å²) < 4.78 is 6.76. The summed E-state index contributed by atoms with van der Waals surface area (Å²) in [6.07, 6.45) is 0. The number of hydrogen-bond donors (Lipinski definition) is 2. The largest absolute Gasteiger partial charge is 0.431 e. The van der Waals surface area contributed by atoms with Crippen molar-refractivity contribution in [3.05, 3.63) is 48.5 Å². The van der Waals surface area contributed by atoms with E-state index in [4.69, 9.17) is 10.5 Å². The Labute approximate surface area is 119 Å². The van der Waals surface area contributed by atoms with Gasteiger partial charge in [-0.25, -0.2) is 9.78 Å². The Morgan fingerprint density at radius 3 is 2.85 bits per heavy atom. The average molecular weight is 285 g/mol. The molecule has 0 atom stereocenters. The van der Waals surface area contributed by atoms with Crippen LogP contribution in [0, 0.1) is 0 Å². The van der Waals surface area contributed by atoms with Crippen molar-refractivity contribution in [2.24, 2.45) is 5.73 Å². The zero-order valence-electron chi connectivity index (χ0n) is 10.4. The van der Waals surface area contributed by atoms with E-state index in [2.05, 4.69) is 10.3 Å². The zero-order chi connectivity index (χ0) is 13.9. The number of fused-ring (bicyclic) bond motifs is 1. The zero-order valence-corrected chi connectivity index (χ0v) is 11.2. The van der Waals surface area contributed by atoms with Crippen molar-refractivity contribution < 1.29 is 9.53 Å². The molecule has 100 valence electrons. The van der Waals surface area contributed by atoms with Gasteiger partial charge >= 0.3 is 6.03 Å². The summed E-state index contributed by atoms with van der Waals surface area (Å²) in [5.41, 5.74) is 6.56. The van der Waals surface area contributed by atoms with Crippen molar-refractivity contribution in [1.29, 1.82) is 0 Å². The number of carbonyl (C=O) groups is 1. The number of rotatable bonds is 3. The molecule has 0 bridgehead atoms. The fraction of sp³-hybridized carbons (Fsp3) is 0. The SMILES string of the molecule is NC(=O)Nc1cccc(Oc2nc3ccccc3s2)c1. The van der Waals surface area contributed by atoms with Crippen LogP contribution in [-0.2, 0) is 0 Å². The minimum Gasteiger partial charge on any atom is -0.431 e. The fourth-order valence-electron chi connectivity index (χ4n) is 1.78. The van der Waals surface area contributed by atoms with Crippen LogP contribution in [-0.4, -0.2) is 11.0 Å². The summed E-state index contributed by atoms with van der Waals surface area (Å²) in [5, 5.41) is 3.06. The molecule has 0 spiro atoms. The minimum atomic E-state index is -0.609. The molecule has 0 unspecified atom stereocenters. The summed E-state index contributed by atoms with van der Waals surface area (Å²) in [6.45, 7) is 0. The quantitative estimate of drug-likeness (QED) is 0.772. The van der Waals surface area contributed by atoms with Gasteiger partial charge in [-0.1, -0.05) is 29.5 Å². The lowest BCUT2D eigenvalue weighted by atomic mass is 10.3. The first-order chi connectivity index (χ1) is 9.70. The molecular weight excluding hydrogens is 274 g/mol. The maximum absolute atomic E-state index is 10.8. The molecule has 0 radical (unpaired) electrons. The number of ether oxygens (including phenoxy) is 1. The molecule has 0 saturated carbocycles. The van der Waals surface area contributed by atoms with E-state index < -0.39 is 6.03 Å². The first-order valence-corrected chi connectivity index (χ1v) is 6.72. The van der Waals surface area contributed by atoms with E-state index in [0.29, 0.717) is 16.6 Å². The van der Waals surface area contributed by atoms with E-state index in [9.17, 15) is 4.79 Å². The molecule has 0 aliphatic rings. The lowest BCUT2D eigenvalue weighted by molar-refractivity contribution is 0.259. The number of carbonyl (C=O) groups excluding carboxylic acids is 1. The van der Waals surface area contributed by atoms with Crippen molar-refractivity contribution >= 4 is 33.3 Å². The van der Waals surface area contributed by atoms with Crippen LogP contribution in [0.2, 0.25) is 0 Å². The molecule has 2 aromatic carbocycles. The highest BCUT2D eigenvalue weighted by atomic mass is 32.1. The van der Waals surface area contributed by atoms with Crippen molar-refractivity contribution in [2.45, 2.75) is 0 Å². The standard InChI is InChI=1S/C14H11N3O2S/c15-13(18)16-9-4-3-5-10(8-9)19-14-17-11-6-1-2-7-12(11)20-14/h1-8H,(H3,15,16,18). The van der Waals surface area contributed by atoms with Gasteiger partial charge in [0.05, 0.1) is 10.2 Å². The van der Waals surface area contributed by atoms with E-state index in [1.807, 2.05) is 24.3 Å². The van der Waals surface area contributed by atoms with E-state index in [-0.39, 0.29) is 0 Å². The summed E-state index contributed by atoms with van der Waals surface area (Å²) >= 11 is 1.47. The van der Waals surface area contributed by atoms with Gasteiger partial charge < -0.3 is 15.8 Å². The Hall–Kier alpha value is -2.60. The van der Waals surface area contributed by atoms with Crippen LogP contribution in [0.4, 0.5) is 10.5 Å². The number of primary amides is 1. The van der Waals surface area contributed by atoms with Crippen molar-refractivity contribution in [1.82, 2.24) is 4.98 Å². The first kappa shape index (κ1) is 12.4. The van der Waals surface area contributed by atoms with E-state index in [1.54, 1.807) is 24.3 Å². The lowest BCUT2D eigenvalue weighted by Crippen LogP contribution is -2.19. The average Bonchev–Trinajstić information content (AvgIpc) is 2.80. The number of aromatic nitrogens is 1. The number of anilines is 1. The molecular formula is C14H11N3O2S. The Morgan fingerprint density at radius 2 is 2.05 bits per heavy atom. The number of hydrogen-bond acceptors (Lipinski definition) is 4. The Kier molecular flexibility index (Phi) is 3.22. The molecule has 3 aromatic rings. The second-order valence-electron chi connectivity index (χ2n) is 4.07. The van der Waals surface area contributed by atoms with Crippen LogP contribution in [0.25, 0.3) is 10.2 Å². The molecule has 0 aliphatic carbocycles. The van der Waals surface area contributed by atoms with Crippen LogP contribution >= 0.6 is 11.3 Å². The Bertz CT molecular complexity index is 737. The van der Waals surface area contributed by atoms with Gasteiger partial charge in [0.1, 0.15) is 5.75 Å². The molecule has 1 aromatic heterocycles. The van der Waals surface area contributed by atoms with Gasteiger partial charge in [-0.15, -0.1) is 0 Å². The van der Waals surface area contributed by atoms with Gasteiger partial charge in [0.2, 0.25) is 0 Å². The lowest BCUT2D eigenvalue weighted by Gasteiger charge is -2.05. The molecule has 0 saturated heterocycles. The highest BCUT2D eigenvalue weighted by Gasteiger charge is 2.06. The fourth-order valence-corrected chi connectivity index (χ4v) is 2.61. The smallest absolute Gasteiger partial charge is 0.316 e. The van der Waals surface area contributed by atoms with Crippen LogP contribution in [0.5, 0.6) is 10.9 Å². The van der Waals surface area contributed by atoms with Crippen LogP contribution in [0.15, 0.2) is 48.5 Å². The molecule has 3 rings (SSSR count). The summed E-state index contributed by atoms with van der Waals surface area (Å²) in [4.78, 5) is 15.2. The molecule has 6 heteroatoms. The number of nitrogens with one attached hydrogen (secondary N) is 1. The third-order valence-electron chi connectivity index (χ3n) is 2.58. The van der Waals surface area contributed by atoms with Gasteiger partial charge in [0, 0.05) is 11.8 Å². The highest BCUT2D eigenvalue weighted by Crippen LogP contribution is 2.31. The van der Waals surface area contributed by atoms with Gasteiger partial charge in [-0.2, -0.15) is 0 Å². The van der Waals surface area contributed by atoms with Crippen molar-refractivity contribution in [2.75, 3.05) is 5.32 Å². The predicted octanol–water partition coefficient (Wildman–Crippen LogP) is 3.58.